The average Bonchev–Trinajstić information content (AvgIpc) is 2.88. The summed E-state index contributed by atoms with van der Waals surface area (Å²) in [5.41, 5.74) is 0. The lowest BCUT2D eigenvalue weighted by Gasteiger charge is -2.21. The van der Waals surface area contributed by atoms with Crippen LogP contribution in [0.25, 0.3) is 0 Å². The van der Waals surface area contributed by atoms with Crippen LogP contribution in [-0.4, -0.2) is 43.4 Å². The monoisotopic (exact) mass is 253 g/mol. The molecular formula is C9H19NO3S2. The minimum atomic E-state index is -3.16. The molecule has 0 aromatic rings. The molecule has 0 saturated heterocycles. The molecule has 6 heteroatoms. The molecule has 1 rings (SSSR count). The van der Waals surface area contributed by atoms with Crippen LogP contribution in [0.4, 0.5) is 0 Å². The van der Waals surface area contributed by atoms with Crippen LogP contribution >= 0.6 is 11.8 Å². The number of rotatable bonds is 7. The molecule has 2 atom stereocenters. The maximum atomic E-state index is 11.6. The van der Waals surface area contributed by atoms with Gasteiger partial charge < -0.3 is 5.11 Å². The smallest absolute Gasteiger partial charge is 0.212 e. The predicted octanol–water partition coefficient (Wildman–Crippen LogP) is 0.428. The third-order valence-corrected chi connectivity index (χ3v) is 5.36. The minimum absolute atomic E-state index is 0.00567. The number of nitrogens with one attached hydrogen (secondary N) is 1. The van der Waals surface area contributed by atoms with Gasteiger partial charge in [-0.3, -0.25) is 0 Å². The van der Waals surface area contributed by atoms with E-state index in [0.29, 0.717) is 5.92 Å². The van der Waals surface area contributed by atoms with Crippen molar-refractivity contribution in [1.29, 1.82) is 0 Å². The number of hydrogen-bond acceptors (Lipinski definition) is 4. The summed E-state index contributed by atoms with van der Waals surface area (Å²) in [6.45, 7) is 1.79. The molecule has 2 unspecified atom stereocenters. The van der Waals surface area contributed by atoms with Crippen LogP contribution in [0.15, 0.2) is 0 Å². The predicted molar refractivity (Wildman–Crippen MR) is 63.5 cm³/mol. The molecule has 15 heavy (non-hydrogen) atoms. The van der Waals surface area contributed by atoms with E-state index in [4.69, 9.17) is 5.11 Å². The fourth-order valence-corrected chi connectivity index (χ4v) is 3.93. The molecule has 1 aliphatic rings. The summed E-state index contributed by atoms with van der Waals surface area (Å²) < 4.78 is 25.9. The molecule has 0 aromatic carbocycles. The van der Waals surface area contributed by atoms with Crippen molar-refractivity contribution in [2.45, 2.75) is 31.1 Å². The third-order valence-electron chi connectivity index (χ3n) is 2.56. The van der Waals surface area contributed by atoms with E-state index in [1.165, 1.54) is 11.8 Å². The Morgan fingerprint density at radius 3 is 2.53 bits per heavy atom. The molecule has 0 aromatic heterocycles. The Labute approximate surface area is 95.9 Å². The van der Waals surface area contributed by atoms with Crippen LogP contribution in [-0.2, 0) is 10.0 Å². The van der Waals surface area contributed by atoms with E-state index >= 15 is 0 Å². The van der Waals surface area contributed by atoms with Gasteiger partial charge in [0.15, 0.2) is 0 Å². The summed E-state index contributed by atoms with van der Waals surface area (Å²) in [6, 6.07) is -0.214. The quantitative estimate of drug-likeness (QED) is 0.690. The second kappa shape index (κ2) is 5.52. The van der Waals surface area contributed by atoms with Crippen LogP contribution in [0, 0.1) is 5.92 Å². The highest BCUT2D eigenvalue weighted by atomic mass is 32.2. The van der Waals surface area contributed by atoms with Gasteiger partial charge in [0.2, 0.25) is 10.0 Å². The molecule has 0 bridgehead atoms. The molecule has 0 radical (unpaired) electrons. The molecule has 1 fully saturated rings. The minimum Gasteiger partial charge on any atom is -0.395 e. The highest BCUT2D eigenvalue weighted by molar-refractivity contribution is 7.99. The molecule has 0 aliphatic heterocycles. The Balaban J connectivity index is 2.43. The van der Waals surface area contributed by atoms with Gasteiger partial charge in [0.05, 0.1) is 12.4 Å². The maximum absolute atomic E-state index is 11.6. The van der Waals surface area contributed by atoms with Gasteiger partial charge in [0.1, 0.15) is 0 Å². The van der Waals surface area contributed by atoms with Crippen LogP contribution in [0.2, 0.25) is 0 Å². The largest absolute Gasteiger partial charge is 0.395 e. The summed E-state index contributed by atoms with van der Waals surface area (Å²) in [6.07, 6.45) is 3.93. The Morgan fingerprint density at radius 1 is 1.53 bits per heavy atom. The standard InChI is InChI=1S/C9H19NO3S2/c1-7(9(5-11)14-2)10-15(12,13)6-8-3-4-8/h7-11H,3-6H2,1-2H3. The van der Waals surface area contributed by atoms with Crippen LogP contribution < -0.4 is 4.72 Å². The first-order chi connectivity index (χ1) is 6.98. The first kappa shape index (κ1) is 13.3. The van der Waals surface area contributed by atoms with Gasteiger partial charge in [-0.05, 0) is 31.9 Å². The summed E-state index contributed by atoms with van der Waals surface area (Å²) in [5, 5.41) is 8.96. The van der Waals surface area contributed by atoms with Crippen molar-refractivity contribution in [1.82, 2.24) is 4.72 Å². The summed E-state index contributed by atoms with van der Waals surface area (Å²) in [4.78, 5) is 0. The summed E-state index contributed by atoms with van der Waals surface area (Å²) >= 11 is 1.48. The topological polar surface area (TPSA) is 66.4 Å². The van der Waals surface area contributed by atoms with E-state index in [-0.39, 0.29) is 23.7 Å². The second-order valence-electron chi connectivity index (χ2n) is 4.09. The molecule has 4 nitrogen and oxygen atoms in total. The highest BCUT2D eigenvalue weighted by Crippen LogP contribution is 2.30. The van der Waals surface area contributed by atoms with Gasteiger partial charge >= 0.3 is 0 Å². The molecule has 2 N–H and O–H groups in total. The van der Waals surface area contributed by atoms with Gasteiger partial charge in [-0.2, -0.15) is 11.8 Å². The molecule has 1 aliphatic carbocycles. The molecule has 0 heterocycles. The highest BCUT2D eigenvalue weighted by Gasteiger charge is 2.29. The molecular weight excluding hydrogens is 234 g/mol. The number of hydrogen-bond donors (Lipinski definition) is 2. The Bertz CT molecular complexity index is 284. The van der Waals surface area contributed by atoms with Crippen LogP contribution in [0.3, 0.4) is 0 Å². The summed E-state index contributed by atoms with van der Waals surface area (Å²) in [5.74, 6) is 0.598. The van der Waals surface area contributed by atoms with Crippen molar-refractivity contribution in [3.8, 4) is 0 Å². The zero-order valence-electron chi connectivity index (χ0n) is 9.14. The van der Waals surface area contributed by atoms with Crippen molar-refractivity contribution in [3.05, 3.63) is 0 Å². The lowest BCUT2D eigenvalue weighted by atomic mass is 10.3. The van der Waals surface area contributed by atoms with Crippen molar-refractivity contribution in [3.63, 3.8) is 0 Å². The van der Waals surface area contributed by atoms with E-state index in [1.54, 1.807) is 6.92 Å². The molecule has 0 amide bonds. The lowest BCUT2D eigenvalue weighted by Crippen LogP contribution is -2.42. The molecule has 90 valence electrons. The van der Waals surface area contributed by atoms with Gasteiger partial charge in [0, 0.05) is 11.3 Å². The first-order valence-electron chi connectivity index (χ1n) is 5.12. The first-order valence-corrected chi connectivity index (χ1v) is 8.06. The van der Waals surface area contributed by atoms with E-state index in [2.05, 4.69) is 4.72 Å². The van der Waals surface area contributed by atoms with E-state index < -0.39 is 10.0 Å². The number of aliphatic hydroxyl groups is 1. The van der Waals surface area contributed by atoms with E-state index in [1.807, 2.05) is 6.26 Å². The van der Waals surface area contributed by atoms with Crippen molar-refractivity contribution in [2.24, 2.45) is 5.92 Å². The maximum Gasteiger partial charge on any atom is 0.212 e. The fourth-order valence-electron chi connectivity index (χ4n) is 1.44. The zero-order valence-corrected chi connectivity index (χ0v) is 10.8. The Kier molecular flexibility index (Phi) is 4.89. The second-order valence-corrected chi connectivity index (χ2v) is 6.96. The number of thioether (sulfide) groups is 1. The lowest BCUT2D eigenvalue weighted by molar-refractivity contribution is 0.282. The summed E-state index contributed by atoms with van der Waals surface area (Å²) in [7, 11) is -3.16. The average molecular weight is 253 g/mol. The van der Waals surface area contributed by atoms with Crippen molar-refractivity contribution < 1.29 is 13.5 Å². The Hall–Kier alpha value is 0.220. The SMILES string of the molecule is CSC(CO)C(C)NS(=O)(=O)CC1CC1. The van der Waals surface area contributed by atoms with Gasteiger partial charge in [-0.25, -0.2) is 13.1 Å². The van der Waals surface area contributed by atoms with E-state index in [9.17, 15) is 8.42 Å². The molecule has 0 spiro atoms. The number of sulfonamides is 1. The van der Waals surface area contributed by atoms with Crippen molar-refractivity contribution in [2.75, 3.05) is 18.6 Å². The van der Waals surface area contributed by atoms with Crippen LogP contribution in [0.5, 0.6) is 0 Å². The fraction of sp³-hybridized carbons (Fsp3) is 1.00. The van der Waals surface area contributed by atoms with Crippen LogP contribution in [0.1, 0.15) is 19.8 Å². The number of aliphatic hydroxyl groups excluding tert-OH is 1. The Morgan fingerprint density at radius 2 is 2.13 bits per heavy atom. The van der Waals surface area contributed by atoms with Gasteiger partial charge in [0.25, 0.3) is 0 Å². The van der Waals surface area contributed by atoms with Gasteiger partial charge in [-0.1, -0.05) is 0 Å². The van der Waals surface area contributed by atoms with Gasteiger partial charge in [-0.15, -0.1) is 0 Å². The van der Waals surface area contributed by atoms with Crippen molar-refractivity contribution >= 4 is 21.8 Å². The molecule has 1 saturated carbocycles. The normalized spacial score (nSPS) is 21.3. The third kappa shape index (κ3) is 4.72. The van der Waals surface area contributed by atoms with E-state index in [0.717, 1.165) is 12.8 Å². The zero-order chi connectivity index (χ0) is 11.5.